The van der Waals surface area contributed by atoms with E-state index in [4.69, 9.17) is 14.7 Å². The molecule has 4 nitrogen and oxygen atoms in total. The molecule has 1 aromatic heterocycles. The standard InChI is InChI=1S/C15H16N2O2S/c1-4-18-14-7-12(8-16)5-6-13(14)19-9-15-17-10(2)11(3)20-15/h5-7H,4,9H2,1-3H3. The number of benzene rings is 1. The quantitative estimate of drug-likeness (QED) is 0.843. The lowest BCUT2D eigenvalue weighted by Gasteiger charge is -2.11. The number of aryl methyl sites for hydroxylation is 2. The van der Waals surface area contributed by atoms with Gasteiger partial charge >= 0.3 is 0 Å². The molecule has 20 heavy (non-hydrogen) atoms. The molecule has 0 fully saturated rings. The second kappa shape index (κ2) is 6.40. The van der Waals surface area contributed by atoms with Crippen molar-refractivity contribution in [3.05, 3.63) is 39.3 Å². The molecule has 1 aromatic carbocycles. The van der Waals surface area contributed by atoms with Gasteiger partial charge in [0.05, 0.1) is 23.9 Å². The van der Waals surface area contributed by atoms with Gasteiger partial charge in [-0.2, -0.15) is 5.26 Å². The van der Waals surface area contributed by atoms with E-state index in [0.29, 0.717) is 30.3 Å². The highest BCUT2D eigenvalue weighted by Gasteiger charge is 2.09. The predicted octanol–water partition coefficient (Wildman–Crippen LogP) is 3.61. The number of ether oxygens (including phenoxy) is 2. The van der Waals surface area contributed by atoms with Crippen LogP contribution < -0.4 is 9.47 Å². The monoisotopic (exact) mass is 288 g/mol. The molecule has 2 aromatic rings. The van der Waals surface area contributed by atoms with Gasteiger partial charge in [-0.25, -0.2) is 4.98 Å². The summed E-state index contributed by atoms with van der Waals surface area (Å²) in [6.07, 6.45) is 0. The van der Waals surface area contributed by atoms with Crippen molar-refractivity contribution >= 4 is 11.3 Å². The highest BCUT2D eigenvalue weighted by Crippen LogP contribution is 2.29. The van der Waals surface area contributed by atoms with E-state index < -0.39 is 0 Å². The molecule has 0 unspecified atom stereocenters. The molecule has 0 bridgehead atoms. The number of thiazole rings is 1. The summed E-state index contributed by atoms with van der Waals surface area (Å²) in [5.74, 6) is 1.23. The van der Waals surface area contributed by atoms with Crippen LogP contribution in [0.5, 0.6) is 11.5 Å². The van der Waals surface area contributed by atoms with E-state index in [2.05, 4.69) is 11.1 Å². The molecule has 0 aliphatic heterocycles. The Labute approximate surface area is 122 Å². The van der Waals surface area contributed by atoms with Gasteiger partial charge in [-0.05, 0) is 32.9 Å². The van der Waals surface area contributed by atoms with E-state index in [1.54, 1.807) is 29.5 Å². The summed E-state index contributed by atoms with van der Waals surface area (Å²) in [5, 5.41) is 9.84. The van der Waals surface area contributed by atoms with Crippen molar-refractivity contribution in [3.63, 3.8) is 0 Å². The summed E-state index contributed by atoms with van der Waals surface area (Å²) >= 11 is 1.63. The van der Waals surface area contributed by atoms with E-state index in [9.17, 15) is 0 Å². The first-order chi connectivity index (χ1) is 9.63. The van der Waals surface area contributed by atoms with Crippen molar-refractivity contribution in [2.24, 2.45) is 0 Å². The zero-order chi connectivity index (χ0) is 14.5. The highest BCUT2D eigenvalue weighted by atomic mass is 32.1. The van der Waals surface area contributed by atoms with Gasteiger partial charge in [-0.3, -0.25) is 0 Å². The van der Waals surface area contributed by atoms with Crippen LogP contribution in [-0.4, -0.2) is 11.6 Å². The minimum absolute atomic E-state index is 0.408. The molecule has 0 aliphatic rings. The SMILES string of the molecule is CCOc1cc(C#N)ccc1OCc1nc(C)c(C)s1. The minimum Gasteiger partial charge on any atom is -0.490 e. The van der Waals surface area contributed by atoms with Gasteiger partial charge < -0.3 is 9.47 Å². The van der Waals surface area contributed by atoms with Crippen LogP contribution in [0.15, 0.2) is 18.2 Å². The first-order valence-corrected chi connectivity index (χ1v) is 7.18. The molecule has 0 aliphatic carbocycles. The van der Waals surface area contributed by atoms with E-state index in [1.165, 1.54) is 4.88 Å². The lowest BCUT2D eigenvalue weighted by molar-refractivity contribution is 0.269. The Balaban J connectivity index is 2.14. The molecule has 2 rings (SSSR count). The second-order valence-electron chi connectivity index (χ2n) is 4.24. The van der Waals surface area contributed by atoms with Crippen LogP contribution in [0, 0.1) is 25.2 Å². The van der Waals surface area contributed by atoms with Gasteiger partial charge in [-0.15, -0.1) is 11.3 Å². The van der Waals surface area contributed by atoms with Gasteiger partial charge in [0.15, 0.2) is 11.5 Å². The Morgan fingerprint density at radius 3 is 2.65 bits per heavy atom. The zero-order valence-corrected chi connectivity index (χ0v) is 12.6. The van der Waals surface area contributed by atoms with E-state index >= 15 is 0 Å². The second-order valence-corrected chi connectivity index (χ2v) is 5.53. The van der Waals surface area contributed by atoms with E-state index in [1.807, 2.05) is 20.8 Å². The van der Waals surface area contributed by atoms with Crippen molar-refractivity contribution < 1.29 is 9.47 Å². The number of rotatable bonds is 5. The Bertz CT molecular complexity index is 624. The van der Waals surface area contributed by atoms with Crippen LogP contribution in [0.25, 0.3) is 0 Å². The normalized spacial score (nSPS) is 10.1. The van der Waals surface area contributed by atoms with Gasteiger partial charge in [0.2, 0.25) is 0 Å². The van der Waals surface area contributed by atoms with Gasteiger partial charge in [0.1, 0.15) is 11.6 Å². The topological polar surface area (TPSA) is 55.1 Å². The average molecular weight is 288 g/mol. The maximum atomic E-state index is 8.91. The summed E-state index contributed by atoms with van der Waals surface area (Å²) in [4.78, 5) is 5.64. The molecular weight excluding hydrogens is 272 g/mol. The molecule has 5 heteroatoms. The maximum Gasteiger partial charge on any atom is 0.162 e. The maximum absolute atomic E-state index is 8.91. The first kappa shape index (κ1) is 14.4. The van der Waals surface area contributed by atoms with E-state index in [0.717, 1.165) is 10.7 Å². The lowest BCUT2D eigenvalue weighted by atomic mass is 10.2. The number of nitrogens with zero attached hydrogens (tertiary/aromatic N) is 2. The van der Waals surface area contributed by atoms with E-state index in [-0.39, 0.29) is 0 Å². The smallest absolute Gasteiger partial charge is 0.162 e. The van der Waals surface area contributed by atoms with Crippen LogP contribution in [0.3, 0.4) is 0 Å². The van der Waals surface area contributed by atoms with Crippen LogP contribution in [0.4, 0.5) is 0 Å². The zero-order valence-electron chi connectivity index (χ0n) is 11.8. The van der Waals surface area contributed by atoms with Crippen molar-refractivity contribution in [1.82, 2.24) is 4.98 Å². The molecule has 0 atom stereocenters. The van der Waals surface area contributed by atoms with Crippen molar-refractivity contribution in [1.29, 1.82) is 5.26 Å². The largest absolute Gasteiger partial charge is 0.490 e. The third-order valence-corrected chi connectivity index (χ3v) is 3.84. The summed E-state index contributed by atoms with van der Waals surface area (Å²) < 4.78 is 11.3. The third-order valence-electron chi connectivity index (χ3n) is 2.80. The van der Waals surface area contributed by atoms with Crippen LogP contribution in [-0.2, 0) is 6.61 Å². The van der Waals surface area contributed by atoms with Gasteiger partial charge in [0, 0.05) is 10.9 Å². The Hall–Kier alpha value is -2.06. The van der Waals surface area contributed by atoms with Crippen LogP contribution in [0.1, 0.15) is 28.1 Å². The highest BCUT2D eigenvalue weighted by molar-refractivity contribution is 7.11. The molecule has 0 saturated carbocycles. The van der Waals surface area contributed by atoms with Crippen LogP contribution in [0.2, 0.25) is 0 Å². The summed E-state index contributed by atoms with van der Waals surface area (Å²) in [6.45, 7) is 6.87. The van der Waals surface area contributed by atoms with Crippen molar-refractivity contribution in [3.8, 4) is 17.6 Å². The number of aromatic nitrogens is 1. The number of nitriles is 1. The molecular formula is C15H16N2O2S. The minimum atomic E-state index is 0.408. The lowest BCUT2D eigenvalue weighted by Crippen LogP contribution is -1.99. The molecule has 1 heterocycles. The fraction of sp³-hybridized carbons (Fsp3) is 0.333. The number of hydrogen-bond acceptors (Lipinski definition) is 5. The molecule has 0 radical (unpaired) electrons. The summed E-state index contributed by atoms with van der Waals surface area (Å²) in [7, 11) is 0. The molecule has 0 amide bonds. The first-order valence-electron chi connectivity index (χ1n) is 6.36. The van der Waals surface area contributed by atoms with Crippen LogP contribution >= 0.6 is 11.3 Å². The Kier molecular flexibility index (Phi) is 4.59. The number of hydrogen-bond donors (Lipinski definition) is 0. The van der Waals surface area contributed by atoms with Gasteiger partial charge in [-0.1, -0.05) is 0 Å². The summed E-state index contributed by atoms with van der Waals surface area (Å²) in [6, 6.07) is 7.26. The average Bonchev–Trinajstić information content (AvgIpc) is 2.76. The molecule has 104 valence electrons. The van der Waals surface area contributed by atoms with Crippen molar-refractivity contribution in [2.45, 2.75) is 27.4 Å². The Morgan fingerprint density at radius 2 is 2.05 bits per heavy atom. The third kappa shape index (κ3) is 3.28. The van der Waals surface area contributed by atoms with Crippen molar-refractivity contribution in [2.75, 3.05) is 6.61 Å². The molecule has 0 saturated heterocycles. The Morgan fingerprint density at radius 1 is 1.25 bits per heavy atom. The molecule has 0 N–H and O–H groups in total. The van der Waals surface area contributed by atoms with Gasteiger partial charge in [0.25, 0.3) is 0 Å². The summed E-state index contributed by atoms with van der Waals surface area (Å²) in [5.41, 5.74) is 1.60. The predicted molar refractivity (Wildman–Crippen MR) is 78.2 cm³/mol. The fourth-order valence-electron chi connectivity index (χ4n) is 1.71. The fourth-order valence-corrected chi connectivity index (χ4v) is 2.55. The molecule has 0 spiro atoms.